The minimum atomic E-state index is -0.251. The molecule has 0 saturated heterocycles. The van der Waals surface area contributed by atoms with Crippen LogP contribution in [0.2, 0.25) is 0 Å². The Morgan fingerprint density at radius 3 is 2.48 bits per heavy atom. The lowest BCUT2D eigenvalue weighted by Crippen LogP contribution is -2.42. The lowest BCUT2D eigenvalue weighted by atomic mass is 10.2. The number of ether oxygens (including phenoxy) is 1. The zero-order valence-electron chi connectivity index (χ0n) is 12.4. The fourth-order valence-electron chi connectivity index (χ4n) is 1.72. The van der Waals surface area contributed by atoms with E-state index in [4.69, 9.17) is 4.74 Å². The quantitative estimate of drug-likeness (QED) is 0.916. The summed E-state index contributed by atoms with van der Waals surface area (Å²) in [6.45, 7) is 5.64. The van der Waals surface area contributed by atoms with Crippen LogP contribution in [0.25, 0.3) is 0 Å². The maximum absolute atomic E-state index is 12.1. The second kappa shape index (κ2) is 6.83. The van der Waals surface area contributed by atoms with Crippen molar-refractivity contribution in [3.8, 4) is 5.75 Å². The lowest BCUT2D eigenvalue weighted by molar-refractivity contribution is 0.0888. The number of amides is 1. The molecule has 1 heterocycles. The number of carbonyl (C=O) groups is 1. The average Bonchev–Trinajstić information content (AvgIpc) is 2.48. The molecule has 0 bridgehead atoms. The Bertz CT molecular complexity index is 584. The highest BCUT2D eigenvalue weighted by Gasteiger charge is 2.18. The number of nitrogens with one attached hydrogen (secondary N) is 1. The van der Waals surface area contributed by atoms with Crippen molar-refractivity contribution in [1.29, 1.82) is 0 Å². The van der Waals surface area contributed by atoms with Crippen LogP contribution in [0.5, 0.6) is 5.75 Å². The molecule has 5 heteroatoms. The molecule has 1 amide bonds. The molecular weight excluding hydrogens is 266 g/mol. The van der Waals surface area contributed by atoms with Crippen LogP contribution < -0.4 is 10.1 Å². The van der Waals surface area contributed by atoms with Gasteiger partial charge in [-0.25, -0.2) is 4.98 Å². The smallest absolute Gasteiger partial charge is 0.271 e. The molecule has 2 aromatic rings. The highest BCUT2D eigenvalue weighted by atomic mass is 16.5. The van der Waals surface area contributed by atoms with Gasteiger partial charge in [0, 0.05) is 6.20 Å². The van der Waals surface area contributed by atoms with Gasteiger partial charge in [0.25, 0.3) is 5.91 Å². The first-order chi connectivity index (χ1) is 10.1. The van der Waals surface area contributed by atoms with E-state index in [1.807, 2.05) is 51.1 Å². The third-order valence-corrected chi connectivity index (χ3v) is 3.14. The Labute approximate surface area is 124 Å². The van der Waals surface area contributed by atoms with Gasteiger partial charge in [0.2, 0.25) is 0 Å². The molecule has 0 aliphatic rings. The molecule has 0 aliphatic carbocycles. The number of nitrogens with zero attached hydrogens (tertiary/aromatic N) is 2. The van der Waals surface area contributed by atoms with E-state index in [2.05, 4.69) is 15.3 Å². The van der Waals surface area contributed by atoms with E-state index >= 15 is 0 Å². The Morgan fingerprint density at radius 2 is 1.86 bits per heavy atom. The first-order valence-corrected chi connectivity index (χ1v) is 6.87. The number of hydrogen-bond donors (Lipinski definition) is 1. The van der Waals surface area contributed by atoms with Crippen LogP contribution in [0.1, 0.15) is 30.0 Å². The number of para-hydroxylation sites is 1. The van der Waals surface area contributed by atoms with Crippen LogP contribution in [0.3, 0.4) is 0 Å². The van der Waals surface area contributed by atoms with Crippen molar-refractivity contribution in [3.05, 3.63) is 54.1 Å². The summed E-state index contributed by atoms with van der Waals surface area (Å²) in [7, 11) is 0. The van der Waals surface area contributed by atoms with Gasteiger partial charge in [0.1, 0.15) is 17.5 Å². The minimum absolute atomic E-state index is 0.152. The number of aromatic nitrogens is 2. The van der Waals surface area contributed by atoms with Crippen LogP contribution in [0, 0.1) is 6.92 Å². The van der Waals surface area contributed by atoms with E-state index in [-0.39, 0.29) is 18.1 Å². The predicted molar refractivity (Wildman–Crippen MR) is 80.2 cm³/mol. The molecule has 2 atom stereocenters. The summed E-state index contributed by atoms with van der Waals surface area (Å²) in [5, 5.41) is 2.87. The van der Waals surface area contributed by atoms with E-state index in [1.54, 1.807) is 6.20 Å². The van der Waals surface area contributed by atoms with Crippen LogP contribution in [-0.2, 0) is 0 Å². The van der Waals surface area contributed by atoms with Crippen LogP contribution >= 0.6 is 0 Å². The number of hydrogen-bond acceptors (Lipinski definition) is 4. The summed E-state index contributed by atoms with van der Waals surface area (Å²) in [5.74, 6) is 0.528. The van der Waals surface area contributed by atoms with Gasteiger partial charge in [0.15, 0.2) is 0 Å². The molecule has 1 aromatic heterocycles. The number of benzene rings is 1. The summed E-state index contributed by atoms with van der Waals surface area (Å²) in [6, 6.07) is 9.37. The summed E-state index contributed by atoms with van der Waals surface area (Å²) in [4.78, 5) is 20.2. The molecule has 5 nitrogen and oxygen atoms in total. The molecule has 1 N–H and O–H groups in total. The molecule has 0 spiro atoms. The van der Waals surface area contributed by atoms with Gasteiger partial charge in [-0.1, -0.05) is 18.2 Å². The fourth-order valence-corrected chi connectivity index (χ4v) is 1.72. The fraction of sp³-hybridized carbons (Fsp3) is 0.312. The maximum atomic E-state index is 12.1. The highest BCUT2D eigenvalue weighted by Crippen LogP contribution is 2.12. The van der Waals surface area contributed by atoms with E-state index in [0.29, 0.717) is 5.69 Å². The van der Waals surface area contributed by atoms with E-state index < -0.39 is 0 Å². The van der Waals surface area contributed by atoms with E-state index in [0.717, 1.165) is 11.4 Å². The van der Waals surface area contributed by atoms with Gasteiger partial charge in [-0.2, -0.15) is 0 Å². The Hall–Kier alpha value is -2.43. The molecular formula is C16H19N3O2. The second-order valence-corrected chi connectivity index (χ2v) is 4.94. The lowest BCUT2D eigenvalue weighted by Gasteiger charge is -2.22. The molecule has 110 valence electrons. The maximum Gasteiger partial charge on any atom is 0.271 e. The average molecular weight is 285 g/mol. The van der Waals surface area contributed by atoms with Crippen molar-refractivity contribution in [2.24, 2.45) is 0 Å². The number of carbonyl (C=O) groups excluding carboxylic acids is 1. The van der Waals surface area contributed by atoms with Crippen molar-refractivity contribution in [2.75, 3.05) is 0 Å². The Kier molecular flexibility index (Phi) is 4.87. The van der Waals surface area contributed by atoms with Gasteiger partial charge in [-0.05, 0) is 32.9 Å². The molecule has 21 heavy (non-hydrogen) atoms. The Morgan fingerprint density at radius 1 is 1.14 bits per heavy atom. The van der Waals surface area contributed by atoms with E-state index in [1.165, 1.54) is 6.20 Å². The summed E-state index contributed by atoms with van der Waals surface area (Å²) in [6.07, 6.45) is 2.89. The summed E-state index contributed by atoms with van der Waals surface area (Å²) in [5.41, 5.74) is 1.08. The highest BCUT2D eigenvalue weighted by molar-refractivity contribution is 5.92. The topological polar surface area (TPSA) is 64.1 Å². The van der Waals surface area contributed by atoms with Crippen LogP contribution in [0.15, 0.2) is 42.7 Å². The van der Waals surface area contributed by atoms with Crippen molar-refractivity contribution in [1.82, 2.24) is 15.3 Å². The van der Waals surface area contributed by atoms with Crippen molar-refractivity contribution >= 4 is 5.91 Å². The SMILES string of the molecule is Cc1cnc(C(=O)N[C@@H](C)[C@H](C)Oc2ccccc2)cn1. The van der Waals surface area contributed by atoms with E-state index in [9.17, 15) is 4.79 Å². The predicted octanol–water partition coefficient (Wildman–Crippen LogP) is 2.37. The molecule has 2 rings (SSSR count). The zero-order chi connectivity index (χ0) is 15.2. The van der Waals surface area contributed by atoms with Gasteiger partial charge in [-0.3, -0.25) is 9.78 Å². The number of aryl methyl sites for hydroxylation is 1. The molecule has 1 aromatic carbocycles. The third kappa shape index (κ3) is 4.27. The summed E-state index contributed by atoms with van der Waals surface area (Å²) < 4.78 is 5.78. The van der Waals surface area contributed by atoms with Crippen LogP contribution in [-0.4, -0.2) is 28.0 Å². The standard InChI is InChI=1S/C16H19N3O2/c1-11-9-18-15(10-17-11)16(20)19-12(2)13(3)21-14-7-5-4-6-8-14/h4-10,12-13H,1-3H3,(H,19,20)/t12-,13-/m0/s1. The summed E-state index contributed by atoms with van der Waals surface area (Å²) >= 11 is 0. The van der Waals surface area contributed by atoms with Gasteiger partial charge < -0.3 is 10.1 Å². The minimum Gasteiger partial charge on any atom is -0.489 e. The van der Waals surface area contributed by atoms with Gasteiger partial charge in [0.05, 0.1) is 17.9 Å². The molecule has 0 saturated carbocycles. The normalized spacial score (nSPS) is 13.3. The molecule has 0 radical (unpaired) electrons. The molecule has 0 fully saturated rings. The second-order valence-electron chi connectivity index (χ2n) is 4.94. The number of rotatable bonds is 5. The monoisotopic (exact) mass is 285 g/mol. The molecule has 0 aliphatic heterocycles. The van der Waals surface area contributed by atoms with Crippen molar-refractivity contribution in [2.45, 2.75) is 32.9 Å². The van der Waals surface area contributed by atoms with Gasteiger partial charge >= 0.3 is 0 Å². The largest absolute Gasteiger partial charge is 0.489 e. The first kappa shape index (κ1) is 15.0. The van der Waals surface area contributed by atoms with Gasteiger partial charge in [-0.15, -0.1) is 0 Å². The van der Waals surface area contributed by atoms with Crippen molar-refractivity contribution in [3.63, 3.8) is 0 Å². The van der Waals surface area contributed by atoms with Crippen molar-refractivity contribution < 1.29 is 9.53 Å². The zero-order valence-corrected chi connectivity index (χ0v) is 12.4. The molecule has 0 unspecified atom stereocenters. The first-order valence-electron chi connectivity index (χ1n) is 6.87. The Balaban J connectivity index is 1.92. The third-order valence-electron chi connectivity index (χ3n) is 3.14. The van der Waals surface area contributed by atoms with Crippen LogP contribution in [0.4, 0.5) is 0 Å².